The number of methoxy groups -OCH3 is 1. The quantitative estimate of drug-likeness (QED) is 0.316. The first-order chi connectivity index (χ1) is 18.7. The number of halogens is 1. The summed E-state index contributed by atoms with van der Waals surface area (Å²) in [6.45, 7) is 3.09. The van der Waals surface area contributed by atoms with Crippen molar-refractivity contribution in [2.45, 2.75) is 44.2 Å². The molecule has 0 spiro atoms. The van der Waals surface area contributed by atoms with Gasteiger partial charge in [-0.15, -0.1) is 0 Å². The van der Waals surface area contributed by atoms with E-state index in [9.17, 15) is 22.4 Å². The van der Waals surface area contributed by atoms with E-state index < -0.39 is 40.2 Å². The lowest BCUT2D eigenvalue weighted by Crippen LogP contribution is -2.51. The van der Waals surface area contributed by atoms with Gasteiger partial charge in [0.2, 0.25) is 11.8 Å². The summed E-state index contributed by atoms with van der Waals surface area (Å²) in [5.74, 6) is -1.38. The van der Waals surface area contributed by atoms with E-state index >= 15 is 0 Å². The van der Waals surface area contributed by atoms with E-state index in [0.717, 1.165) is 17.1 Å². The third-order valence-corrected chi connectivity index (χ3v) is 8.03. The van der Waals surface area contributed by atoms with Crippen LogP contribution < -0.4 is 14.4 Å². The summed E-state index contributed by atoms with van der Waals surface area (Å²) in [5, 5.41) is 2.80. The van der Waals surface area contributed by atoms with Crippen molar-refractivity contribution in [3.05, 3.63) is 90.2 Å². The number of anilines is 1. The Labute approximate surface area is 229 Å². The normalized spacial score (nSPS) is 11.9. The summed E-state index contributed by atoms with van der Waals surface area (Å²) in [6, 6.07) is 19.1. The van der Waals surface area contributed by atoms with E-state index in [2.05, 4.69) is 5.32 Å². The van der Waals surface area contributed by atoms with Crippen LogP contribution in [0.15, 0.2) is 83.8 Å². The van der Waals surface area contributed by atoms with E-state index in [1.54, 1.807) is 49.4 Å². The number of carbonyl (C=O) groups is 2. The van der Waals surface area contributed by atoms with Gasteiger partial charge in [-0.05, 0) is 43.7 Å². The molecule has 2 amide bonds. The standard InChI is InChI=1S/C29H34FN3O5S/c1-4-5-19-31-29(35)22(2)32(20-23-13-9-10-16-25(23)30)28(34)21-33(26-17-11-12-18-27(26)38-3)39(36,37)24-14-7-6-8-15-24/h6-18,22H,4-5,19-21H2,1-3H3,(H,31,35). The number of para-hydroxylation sites is 2. The summed E-state index contributed by atoms with van der Waals surface area (Å²) in [6.07, 6.45) is 1.63. The molecular formula is C29H34FN3O5S. The van der Waals surface area contributed by atoms with E-state index in [-0.39, 0.29) is 28.4 Å². The van der Waals surface area contributed by atoms with E-state index in [1.807, 2.05) is 6.92 Å². The van der Waals surface area contributed by atoms with Crippen molar-refractivity contribution < 1.29 is 27.1 Å². The first-order valence-corrected chi connectivity index (χ1v) is 14.2. The summed E-state index contributed by atoms with van der Waals surface area (Å²) in [4.78, 5) is 28.0. The molecule has 1 N–H and O–H groups in total. The van der Waals surface area contributed by atoms with Crippen LogP contribution in [0.5, 0.6) is 5.75 Å². The van der Waals surface area contributed by atoms with Crippen LogP contribution in [0.2, 0.25) is 0 Å². The molecule has 10 heteroatoms. The fraction of sp³-hybridized carbons (Fsp3) is 0.310. The predicted octanol–water partition coefficient (Wildman–Crippen LogP) is 4.36. The van der Waals surface area contributed by atoms with E-state index in [0.29, 0.717) is 6.54 Å². The van der Waals surface area contributed by atoms with Gasteiger partial charge in [0.1, 0.15) is 24.2 Å². The van der Waals surface area contributed by atoms with Gasteiger partial charge < -0.3 is 15.0 Å². The monoisotopic (exact) mass is 555 g/mol. The Bertz CT molecular complexity index is 1370. The van der Waals surface area contributed by atoms with Crippen LogP contribution in [0, 0.1) is 5.82 Å². The summed E-state index contributed by atoms with van der Waals surface area (Å²) in [7, 11) is -2.82. The molecule has 0 saturated carbocycles. The lowest BCUT2D eigenvalue weighted by molar-refractivity contribution is -0.139. The van der Waals surface area contributed by atoms with Gasteiger partial charge >= 0.3 is 0 Å². The number of amides is 2. The Morgan fingerprint density at radius 3 is 2.28 bits per heavy atom. The zero-order valence-corrected chi connectivity index (χ0v) is 23.2. The zero-order chi connectivity index (χ0) is 28.4. The van der Waals surface area contributed by atoms with Gasteiger partial charge in [0.05, 0.1) is 17.7 Å². The van der Waals surface area contributed by atoms with Crippen LogP contribution in [0.4, 0.5) is 10.1 Å². The molecule has 0 radical (unpaired) electrons. The number of hydrogen-bond acceptors (Lipinski definition) is 5. The molecule has 8 nitrogen and oxygen atoms in total. The number of nitrogens with zero attached hydrogens (tertiary/aromatic N) is 2. The highest BCUT2D eigenvalue weighted by Gasteiger charge is 2.33. The molecule has 0 aliphatic carbocycles. The molecule has 3 aromatic carbocycles. The average Bonchev–Trinajstić information content (AvgIpc) is 2.95. The number of unbranched alkanes of at least 4 members (excludes halogenated alkanes) is 1. The number of carbonyl (C=O) groups excluding carboxylic acids is 2. The van der Waals surface area contributed by atoms with E-state index in [4.69, 9.17) is 4.74 Å². The third-order valence-electron chi connectivity index (χ3n) is 6.26. The van der Waals surface area contributed by atoms with Gasteiger partial charge in [0.25, 0.3) is 10.0 Å². The summed E-state index contributed by atoms with van der Waals surface area (Å²) < 4.78 is 48.6. The van der Waals surface area contributed by atoms with Crippen LogP contribution in [0.1, 0.15) is 32.3 Å². The molecule has 208 valence electrons. The number of benzene rings is 3. The molecule has 0 aromatic heterocycles. The summed E-state index contributed by atoms with van der Waals surface area (Å²) in [5.41, 5.74) is 0.358. The largest absolute Gasteiger partial charge is 0.495 e. The fourth-order valence-corrected chi connectivity index (χ4v) is 5.44. The van der Waals surface area contributed by atoms with Crippen molar-refractivity contribution in [1.82, 2.24) is 10.2 Å². The number of sulfonamides is 1. The molecule has 3 rings (SSSR count). The van der Waals surface area contributed by atoms with Gasteiger partial charge in [0.15, 0.2) is 0 Å². The highest BCUT2D eigenvalue weighted by Crippen LogP contribution is 2.32. The van der Waals surface area contributed by atoms with Gasteiger partial charge in [0, 0.05) is 18.7 Å². The molecule has 0 aliphatic rings. The maximum absolute atomic E-state index is 14.6. The van der Waals surface area contributed by atoms with Crippen LogP contribution in [0.25, 0.3) is 0 Å². The molecule has 1 atom stereocenters. The maximum Gasteiger partial charge on any atom is 0.264 e. The Kier molecular flexibility index (Phi) is 10.4. The number of nitrogens with one attached hydrogen (secondary N) is 1. The molecule has 39 heavy (non-hydrogen) atoms. The Hall–Kier alpha value is -3.92. The second kappa shape index (κ2) is 13.7. The van der Waals surface area contributed by atoms with Gasteiger partial charge in [-0.25, -0.2) is 12.8 Å². The van der Waals surface area contributed by atoms with Crippen molar-refractivity contribution in [2.24, 2.45) is 0 Å². The number of ether oxygens (including phenoxy) is 1. The lowest BCUT2D eigenvalue weighted by atomic mass is 10.1. The first-order valence-electron chi connectivity index (χ1n) is 12.7. The summed E-state index contributed by atoms with van der Waals surface area (Å²) >= 11 is 0. The lowest BCUT2D eigenvalue weighted by Gasteiger charge is -2.32. The highest BCUT2D eigenvalue weighted by molar-refractivity contribution is 7.92. The Morgan fingerprint density at radius 1 is 0.974 bits per heavy atom. The Balaban J connectivity index is 2.03. The first kappa shape index (κ1) is 29.6. The van der Waals surface area contributed by atoms with Gasteiger partial charge in [-0.1, -0.05) is 61.9 Å². The van der Waals surface area contributed by atoms with Crippen molar-refractivity contribution >= 4 is 27.5 Å². The second-order valence-corrected chi connectivity index (χ2v) is 10.8. The molecular weight excluding hydrogens is 521 g/mol. The average molecular weight is 556 g/mol. The molecule has 0 fully saturated rings. The molecule has 0 saturated heterocycles. The second-order valence-electron chi connectivity index (χ2n) is 8.93. The van der Waals surface area contributed by atoms with Crippen LogP contribution in [-0.2, 0) is 26.2 Å². The SMILES string of the molecule is CCCCNC(=O)C(C)N(Cc1ccccc1F)C(=O)CN(c1ccccc1OC)S(=O)(=O)c1ccccc1. The van der Waals surface area contributed by atoms with Gasteiger partial charge in [-0.2, -0.15) is 0 Å². The van der Waals surface area contributed by atoms with Crippen molar-refractivity contribution in [3.63, 3.8) is 0 Å². The smallest absolute Gasteiger partial charge is 0.264 e. The molecule has 0 heterocycles. The van der Waals surface area contributed by atoms with Crippen LogP contribution >= 0.6 is 0 Å². The maximum atomic E-state index is 14.6. The minimum absolute atomic E-state index is 0.0188. The van der Waals surface area contributed by atoms with E-state index in [1.165, 1.54) is 48.4 Å². The Morgan fingerprint density at radius 2 is 1.62 bits per heavy atom. The van der Waals surface area contributed by atoms with Crippen molar-refractivity contribution in [1.29, 1.82) is 0 Å². The molecule has 1 unspecified atom stereocenters. The predicted molar refractivity (Wildman–Crippen MR) is 148 cm³/mol. The fourth-order valence-electron chi connectivity index (χ4n) is 4.00. The molecule has 3 aromatic rings. The van der Waals surface area contributed by atoms with Gasteiger partial charge in [-0.3, -0.25) is 13.9 Å². The molecule has 0 bridgehead atoms. The third kappa shape index (κ3) is 7.35. The zero-order valence-electron chi connectivity index (χ0n) is 22.3. The van der Waals surface area contributed by atoms with Crippen LogP contribution in [-0.4, -0.2) is 51.4 Å². The minimum Gasteiger partial charge on any atom is -0.495 e. The topological polar surface area (TPSA) is 96.0 Å². The minimum atomic E-state index is -4.23. The highest BCUT2D eigenvalue weighted by atomic mass is 32.2. The van der Waals surface area contributed by atoms with Crippen LogP contribution in [0.3, 0.4) is 0 Å². The number of rotatable bonds is 13. The molecule has 0 aliphatic heterocycles. The number of hydrogen-bond donors (Lipinski definition) is 1. The van der Waals surface area contributed by atoms with Crippen molar-refractivity contribution in [2.75, 3.05) is 24.5 Å². The van der Waals surface area contributed by atoms with Crippen molar-refractivity contribution in [3.8, 4) is 5.75 Å².